The van der Waals surface area contributed by atoms with Crippen molar-refractivity contribution >= 4 is 17.5 Å². The summed E-state index contributed by atoms with van der Waals surface area (Å²) in [6.07, 6.45) is 8.12. The third kappa shape index (κ3) is 5.20. The van der Waals surface area contributed by atoms with E-state index in [0.717, 1.165) is 11.1 Å². The van der Waals surface area contributed by atoms with Crippen LogP contribution in [0.3, 0.4) is 0 Å². The lowest BCUT2D eigenvalue weighted by Gasteiger charge is -2.33. The van der Waals surface area contributed by atoms with E-state index in [1.54, 1.807) is 49.1 Å². The fraction of sp³-hybridized carbons (Fsp3) is 0.185. The minimum absolute atomic E-state index is 0.135. The second-order valence-electron chi connectivity index (χ2n) is 8.86. The van der Waals surface area contributed by atoms with Gasteiger partial charge in [0.2, 0.25) is 5.91 Å². The Morgan fingerprint density at radius 1 is 0.882 bits per heavy atom. The molecule has 3 aromatic heterocycles. The van der Waals surface area contributed by atoms with E-state index >= 15 is 0 Å². The summed E-state index contributed by atoms with van der Waals surface area (Å²) < 4.78 is 5.41. The third-order valence-electron chi connectivity index (χ3n) is 5.11. The lowest BCUT2D eigenvalue weighted by Crippen LogP contribution is -2.49. The molecule has 0 saturated carbocycles. The first-order valence-corrected chi connectivity index (χ1v) is 10.9. The van der Waals surface area contributed by atoms with Crippen molar-refractivity contribution in [1.29, 1.82) is 0 Å². The van der Waals surface area contributed by atoms with E-state index in [4.69, 9.17) is 4.42 Å². The fourth-order valence-corrected chi connectivity index (χ4v) is 3.65. The maximum atomic E-state index is 13.7. The van der Waals surface area contributed by atoms with E-state index in [2.05, 4.69) is 15.3 Å². The van der Waals surface area contributed by atoms with Crippen LogP contribution in [0.25, 0.3) is 11.1 Å². The molecule has 7 nitrogen and oxygen atoms in total. The topological polar surface area (TPSA) is 88.3 Å². The van der Waals surface area contributed by atoms with E-state index in [-0.39, 0.29) is 11.7 Å². The van der Waals surface area contributed by atoms with Crippen LogP contribution in [0, 0.1) is 0 Å². The SMILES string of the molecule is CC(C)(C)NC(=O)C(c1cccnc1)N(C(=O)c1ccco1)c1ccc(-c2ccncc2)cc1. The smallest absolute Gasteiger partial charge is 0.294 e. The van der Waals surface area contributed by atoms with E-state index < -0.39 is 17.5 Å². The van der Waals surface area contributed by atoms with Gasteiger partial charge in [0.25, 0.3) is 5.91 Å². The molecule has 34 heavy (non-hydrogen) atoms. The zero-order valence-corrected chi connectivity index (χ0v) is 19.3. The van der Waals surface area contributed by atoms with Crippen LogP contribution in [0.5, 0.6) is 0 Å². The maximum Gasteiger partial charge on any atom is 0.294 e. The van der Waals surface area contributed by atoms with E-state index in [9.17, 15) is 9.59 Å². The number of aromatic nitrogens is 2. The molecule has 2 amide bonds. The number of anilines is 1. The average Bonchev–Trinajstić information content (AvgIpc) is 3.37. The Morgan fingerprint density at radius 3 is 2.18 bits per heavy atom. The number of rotatable bonds is 6. The zero-order chi connectivity index (χ0) is 24.1. The molecular formula is C27H26N4O3. The number of furan rings is 1. The molecule has 1 N–H and O–H groups in total. The molecule has 1 aromatic carbocycles. The van der Waals surface area contributed by atoms with Crippen LogP contribution >= 0.6 is 0 Å². The Hall–Kier alpha value is -4.26. The van der Waals surface area contributed by atoms with Gasteiger partial charge in [-0.1, -0.05) is 18.2 Å². The van der Waals surface area contributed by atoms with Crippen LogP contribution in [0.15, 0.2) is 96.1 Å². The molecule has 0 aliphatic rings. The Balaban J connectivity index is 1.82. The number of hydrogen-bond acceptors (Lipinski definition) is 5. The van der Waals surface area contributed by atoms with Gasteiger partial charge in [-0.15, -0.1) is 0 Å². The Kier molecular flexibility index (Phi) is 6.54. The van der Waals surface area contributed by atoms with Gasteiger partial charge in [-0.2, -0.15) is 0 Å². The third-order valence-corrected chi connectivity index (χ3v) is 5.11. The van der Waals surface area contributed by atoms with Gasteiger partial charge in [-0.05, 0) is 74.4 Å². The highest BCUT2D eigenvalue weighted by Gasteiger charge is 2.36. The highest BCUT2D eigenvalue weighted by Crippen LogP contribution is 2.32. The van der Waals surface area contributed by atoms with Crippen molar-refractivity contribution < 1.29 is 14.0 Å². The van der Waals surface area contributed by atoms with Crippen LogP contribution < -0.4 is 10.2 Å². The molecule has 172 valence electrons. The highest BCUT2D eigenvalue weighted by molar-refractivity contribution is 6.08. The van der Waals surface area contributed by atoms with Crippen LogP contribution in [0.4, 0.5) is 5.69 Å². The molecule has 4 rings (SSSR count). The largest absolute Gasteiger partial charge is 0.459 e. The minimum Gasteiger partial charge on any atom is -0.459 e. The number of nitrogens with zero attached hydrogens (tertiary/aromatic N) is 3. The summed E-state index contributed by atoms with van der Waals surface area (Å²) in [7, 11) is 0. The maximum absolute atomic E-state index is 13.7. The van der Waals surface area contributed by atoms with E-state index in [1.165, 1.54) is 11.2 Å². The molecule has 1 atom stereocenters. The molecule has 0 aliphatic heterocycles. The van der Waals surface area contributed by atoms with Gasteiger partial charge in [0.15, 0.2) is 5.76 Å². The Morgan fingerprint density at radius 2 is 1.59 bits per heavy atom. The van der Waals surface area contributed by atoms with Crippen LogP contribution in [0.1, 0.15) is 42.9 Å². The number of benzene rings is 1. The van der Waals surface area contributed by atoms with E-state index in [0.29, 0.717) is 11.3 Å². The molecule has 4 aromatic rings. The predicted octanol–water partition coefficient (Wildman–Crippen LogP) is 5.04. The summed E-state index contributed by atoms with van der Waals surface area (Å²) in [5.74, 6) is -0.617. The summed E-state index contributed by atoms with van der Waals surface area (Å²) in [4.78, 5) is 36.9. The normalized spacial score (nSPS) is 12.1. The fourth-order valence-electron chi connectivity index (χ4n) is 3.65. The van der Waals surface area contributed by atoms with Crippen molar-refractivity contribution in [3.63, 3.8) is 0 Å². The summed E-state index contributed by atoms with van der Waals surface area (Å²) in [5.41, 5.74) is 2.61. The van der Waals surface area contributed by atoms with Crippen LogP contribution in [0.2, 0.25) is 0 Å². The van der Waals surface area contributed by atoms with Gasteiger partial charge in [0.1, 0.15) is 6.04 Å². The minimum atomic E-state index is -0.961. The molecule has 0 saturated heterocycles. The van der Waals surface area contributed by atoms with Crippen molar-refractivity contribution in [1.82, 2.24) is 15.3 Å². The number of carbonyl (C=O) groups is 2. The Bertz CT molecular complexity index is 1230. The van der Waals surface area contributed by atoms with Gasteiger partial charge in [0.05, 0.1) is 6.26 Å². The van der Waals surface area contributed by atoms with Crippen LogP contribution in [-0.4, -0.2) is 27.3 Å². The van der Waals surface area contributed by atoms with Gasteiger partial charge in [-0.3, -0.25) is 24.5 Å². The van der Waals surface area contributed by atoms with Gasteiger partial charge in [-0.25, -0.2) is 0 Å². The van der Waals surface area contributed by atoms with Crippen molar-refractivity contribution in [3.05, 3.63) is 103 Å². The number of carbonyl (C=O) groups excluding carboxylic acids is 2. The molecule has 0 fully saturated rings. The molecule has 0 spiro atoms. The van der Waals surface area contributed by atoms with Crippen molar-refractivity contribution in [2.24, 2.45) is 0 Å². The quantitative estimate of drug-likeness (QED) is 0.441. The number of amides is 2. The zero-order valence-electron chi connectivity index (χ0n) is 19.3. The number of hydrogen-bond donors (Lipinski definition) is 1. The van der Waals surface area contributed by atoms with Gasteiger partial charge >= 0.3 is 0 Å². The molecule has 7 heteroatoms. The number of nitrogens with one attached hydrogen (secondary N) is 1. The Labute approximate surface area is 198 Å². The second kappa shape index (κ2) is 9.70. The summed E-state index contributed by atoms with van der Waals surface area (Å²) >= 11 is 0. The first kappa shape index (κ1) is 22.9. The summed E-state index contributed by atoms with van der Waals surface area (Å²) in [6, 6.07) is 17.1. The van der Waals surface area contributed by atoms with Gasteiger partial charge in [0, 0.05) is 41.6 Å². The predicted molar refractivity (Wildman–Crippen MR) is 130 cm³/mol. The average molecular weight is 455 g/mol. The first-order chi connectivity index (χ1) is 16.3. The molecule has 0 radical (unpaired) electrons. The lowest BCUT2D eigenvalue weighted by atomic mass is 10.0. The molecular weight excluding hydrogens is 428 g/mol. The lowest BCUT2D eigenvalue weighted by molar-refractivity contribution is -0.123. The summed E-state index contributed by atoms with van der Waals surface area (Å²) in [5, 5.41) is 3.01. The van der Waals surface area contributed by atoms with Crippen molar-refractivity contribution in [2.75, 3.05) is 4.90 Å². The molecule has 3 heterocycles. The molecule has 1 unspecified atom stereocenters. The first-order valence-electron chi connectivity index (χ1n) is 10.9. The van der Waals surface area contributed by atoms with Crippen LogP contribution in [-0.2, 0) is 4.79 Å². The monoisotopic (exact) mass is 454 g/mol. The summed E-state index contributed by atoms with van der Waals surface area (Å²) in [6.45, 7) is 5.69. The highest BCUT2D eigenvalue weighted by atomic mass is 16.3. The van der Waals surface area contributed by atoms with Gasteiger partial charge < -0.3 is 9.73 Å². The molecule has 0 bridgehead atoms. The standard InChI is InChI=1S/C27H26N4O3/c1-27(2,3)30-25(32)24(21-6-4-14-29-18-21)31(26(33)23-7-5-17-34-23)22-10-8-19(9-11-22)20-12-15-28-16-13-20/h4-18,24H,1-3H3,(H,30,32). The van der Waals surface area contributed by atoms with Crippen molar-refractivity contribution in [2.45, 2.75) is 32.4 Å². The van der Waals surface area contributed by atoms with Crippen molar-refractivity contribution in [3.8, 4) is 11.1 Å². The second-order valence-corrected chi connectivity index (χ2v) is 8.86. The number of pyridine rings is 2. The van der Waals surface area contributed by atoms with E-state index in [1.807, 2.05) is 57.2 Å². The molecule has 0 aliphatic carbocycles.